The Hall–Kier alpha value is -2.30. The first-order chi connectivity index (χ1) is 10.5. The second-order valence-corrected chi connectivity index (χ2v) is 5.08. The summed E-state index contributed by atoms with van der Waals surface area (Å²) in [5, 5.41) is 0. The zero-order chi connectivity index (χ0) is 16.1. The molecule has 0 saturated carbocycles. The number of nitrogens with zero attached hydrogens (tertiary/aromatic N) is 1. The zero-order valence-corrected chi connectivity index (χ0v) is 12.2. The third-order valence-electron chi connectivity index (χ3n) is 3.41. The van der Waals surface area contributed by atoms with Crippen LogP contribution in [0.15, 0.2) is 42.5 Å². The van der Waals surface area contributed by atoms with E-state index in [4.69, 9.17) is 0 Å². The molecule has 2 aromatic carbocycles. The van der Waals surface area contributed by atoms with Crippen LogP contribution in [-0.4, -0.2) is 17.9 Å². The lowest BCUT2D eigenvalue weighted by Gasteiger charge is -2.17. The van der Waals surface area contributed by atoms with E-state index < -0.39 is 11.6 Å². The summed E-state index contributed by atoms with van der Waals surface area (Å²) in [6.07, 6.45) is 0.405. The van der Waals surface area contributed by atoms with E-state index in [1.807, 2.05) is 0 Å². The standard InChI is InChI=1S/C17H16F3NO/c1-21(11-13-6-8-14(18)10-16(13)20)17(22)9-7-12-4-2-3-5-15(12)19/h2-6,8,10H,7,9,11H2,1H3. The number of hydrogen-bond donors (Lipinski definition) is 0. The summed E-state index contributed by atoms with van der Waals surface area (Å²) in [5.41, 5.74) is 0.709. The van der Waals surface area contributed by atoms with Crippen molar-refractivity contribution in [3.8, 4) is 0 Å². The van der Waals surface area contributed by atoms with Gasteiger partial charge < -0.3 is 4.90 Å². The van der Waals surface area contributed by atoms with Gasteiger partial charge in [0.25, 0.3) is 0 Å². The lowest BCUT2D eigenvalue weighted by atomic mass is 10.1. The zero-order valence-electron chi connectivity index (χ0n) is 12.2. The van der Waals surface area contributed by atoms with E-state index in [-0.39, 0.29) is 36.7 Å². The van der Waals surface area contributed by atoms with Crippen molar-refractivity contribution in [1.29, 1.82) is 0 Å². The molecule has 2 nitrogen and oxygen atoms in total. The van der Waals surface area contributed by atoms with Gasteiger partial charge in [0.05, 0.1) is 0 Å². The molecule has 0 aliphatic carbocycles. The van der Waals surface area contributed by atoms with Gasteiger partial charge in [0, 0.05) is 31.6 Å². The van der Waals surface area contributed by atoms with Crippen LogP contribution < -0.4 is 0 Å². The van der Waals surface area contributed by atoms with Gasteiger partial charge >= 0.3 is 0 Å². The normalized spacial score (nSPS) is 10.5. The van der Waals surface area contributed by atoms with E-state index in [0.717, 1.165) is 12.1 Å². The van der Waals surface area contributed by atoms with Crippen LogP contribution in [0, 0.1) is 17.5 Å². The van der Waals surface area contributed by atoms with Crippen molar-refractivity contribution in [2.45, 2.75) is 19.4 Å². The Bertz CT molecular complexity index is 673. The summed E-state index contributed by atoms with van der Waals surface area (Å²) >= 11 is 0. The van der Waals surface area contributed by atoms with E-state index in [0.29, 0.717) is 5.56 Å². The van der Waals surface area contributed by atoms with Crippen LogP contribution in [0.3, 0.4) is 0 Å². The molecule has 1 amide bonds. The van der Waals surface area contributed by atoms with Gasteiger partial charge in [-0.25, -0.2) is 13.2 Å². The van der Waals surface area contributed by atoms with Gasteiger partial charge in [0.2, 0.25) is 5.91 Å². The fraction of sp³-hybridized carbons (Fsp3) is 0.235. The lowest BCUT2D eigenvalue weighted by Crippen LogP contribution is -2.27. The van der Waals surface area contributed by atoms with Gasteiger partial charge in [-0.05, 0) is 24.1 Å². The molecule has 0 radical (unpaired) electrons. The maximum atomic E-state index is 13.6. The van der Waals surface area contributed by atoms with E-state index in [1.165, 1.54) is 24.1 Å². The van der Waals surface area contributed by atoms with Crippen LogP contribution in [-0.2, 0) is 17.8 Å². The van der Waals surface area contributed by atoms with Crippen molar-refractivity contribution < 1.29 is 18.0 Å². The number of carbonyl (C=O) groups excluding carboxylic acids is 1. The minimum atomic E-state index is -0.686. The molecule has 0 fully saturated rings. The predicted molar refractivity (Wildman–Crippen MR) is 77.6 cm³/mol. The molecule has 2 rings (SSSR count). The molecule has 22 heavy (non-hydrogen) atoms. The average Bonchev–Trinajstić information content (AvgIpc) is 2.49. The minimum absolute atomic E-state index is 0.0439. The van der Waals surface area contributed by atoms with Crippen molar-refractivity contribution in [3.05, 3.63) is 71.0 Å². The summed E-state index contributed by atoms with van der Waals surface area (Å²) in [5.74, 6) is -1.92. The highest BCUT2D eigenvalue weighted by atomic mass is 19.1. The Morgan fingerprint density at radius 1 is 1.00 bits per heavy atom. The molecule has 0 N–H and O–H groups in total. The highest BCUT2D eigenvalue weighted by Gasteiger charge is 2.13. The first-order valence-electron chi connectivity index (χ1n) is 6.88. The fourth-order valence-corrected chi connectivity index (χ4v) is 2.13. The molecule has 0 unspecified atom stereocenters. The van der Waals surface area contributed by atoms with Crippen LogP contribution >= 0.6 is 0 Å². The molecule has 0 bridgehead atoms. The molecule has 0 heterocycles. The van der Waals surface area contributed by atoms with Crippen molar-refractivity contribution >= 4 is 5.91 Å². The van der Waals surface area contributed by atoms with Crippen molar-refractivity contribution in [1.82, 2.24) is 4.90 Å². The smallest absolute Gasteiger partial charge is 0.222 e. The van der Waals surface area contributed by atoms with Crippen molar-refractivity contribution in [3.63, 3.8) is 0 Å². The van der Waals surface area contributed by atoms with Crippen LogP contribution in [0.4, 0.5) is 13.2 Å². The first-order valence-corrected chi connectivity index (χ1v) is 6.88. The molecule has 0 aromatic heterocycles. The second kappa shape index (κ2) is 7.11. The van der Waals surface area contributed by atoms with Crippen LogP contribution in [0.5, 0.6) is 0 Å². The molecule has 0 aliphatic heterocycles. The second-order valence-electron chi connectivity index (χ2n) is 5.08. The Morgan fingerprint density at radius 3 is 2.41 bits per heavy atom. The molecular weight excluding hydrogens is 291 g/mol. The predicted octanol–water partition coefficient (Wildman–Crippen LogP) is 3.70. The van der Waals surface area contributed by atoms with Crippen molar-refractivity contribution in [2.75, 3.05) is 7.05 Å². The van der Waals surface area contributed by atoms with Crippen molar-refractivity contribution in [2.24, 2.45) is 0 Å². The van der Waals surface area contributed by atoms with Crippen LogP contribution in [0.2, 0.25) is 0 Å². The lowest BCUT2D eigenvalue weighted by molar-refractivity contribution is -0.130. The molecule has 116 valence electrons. The summed E-state index contributed by atoms with van der Waals surface area (Å²) < 4.78 is 39.9. The Balaban J connectivity index is 1.93. The van der Waals surface area contributed by atoms with Gasteiger partial charge in [-0.15, -0.1) is 0 Å². The summed E-state index contributed by atoms with van der Waals surface area (Å²) in [4.78, 5) is 13.4. The maximum Gasteiger partial charge on any atom is 0.222 e. The number of hydrogen-bond acceptors (Lipinski definition) is 1. The highest BCUT2D eigenvalue weighted by molar-refractivity contribution is 5.76. The fourth-order valence-electron chi connectivity index (χ4n) is 2.13. The largest absolute Gasteiger partial charge is 0.341 e. The van der Waals surface area contributed by atoms with Gasteiger partial charge in [0.1, 0.15) is 17.5 Å². The SMILES string of the molecule is CN(Cc1ccc(F)cc1F)C(=O)CCc1ccccc1F. The molecule has 2 aromatic rings. The summed E-state index contributed by atoms with van der Waals surface area (Å²) in [6.45, 7) is 0.0439. The van der Waals surface area contributed by atoms with Gasteiger partial charge in [-0.2, -0.15) is 0 Å². The van der Waals surface area contributed by atoms with Gasteiger partial charge in [0.15, 0.2) is 0 Å². The number of benzene rings is 2. The number of aryl methyl sites for hydroxylation is 1. The summed E-state index contributed by atoms with van der Waals surface area (Å²) in [7, 11) is 1.53. The van der Waals surface area contributed by atoms with Gasteiger partial charge in [-0.1, -0.05) is 24.3 Å². The molecule has 5 heteroatoms. The third-order valence-corrected chi connectivity index (χ3v) is 3.41. The maximum absolute atomic E-state index is 13.6. The number of carbonyl (C=O) groups is 1. The topological polar surface area (TPSA) is 20.3 Å². The van der Waals surface area contributed by atoms with Crippen LogP contribution in [0.1, 0.15) is 17.5 Å². The molecular formula is C17H16F3NO. The van der Waals surface area contributed by atoms with E-state index in [1.54, 1.807) is 18.2 Å². The van der Waals surface area contributed by atoms with E-state index >= 15 is 0 Å². The van der Waals surface area contributed by atoms with Crippen LogP contribution in [0.25, 0.3) is 0 Å². The Kier molecular flexibility index (Phi) is 5.20. The minimum Gasteiger partial charge on any atom is -0.341 e. The Morgan fingerprint density at radius 2 is 1.73 bits per heavy atom. The first kappa shape index (κ1) is 16.1. The molecule has 0 atom stereocenters. The van der Waals surface area contributed by atoms with E-state index in [9.17, 15) is 18.0 Å². The summed E-state index contributed by atoms with van der Waals surface area (Å²) in [6, 6.07) is 9.51. The van der Waals surface area contributed by atoms with Gasteiger partial charge in [-0.3, -0.25) is 4.79 Å². The number of rotatable bonds is 5. The van der Waals surface area contributed by atoms with E-state index in [2.05, 4.69) is 0 Å². The third kappa shape index (κ3) is 4.10. The molecule has 0 spiro atoms. The number of amides is 1. The number of halogens is 3. The average molecular weight is 307 g/mol. The monoisotopic (exact) mass is 307 g/mol. The molecule has 0 saturated heterocycles. The Labute approximate surface area is 127 Å². The quantitative estimate of drug-likeness (QED) is 0.825. The molecule has 0 aliphatic rings. The highest BCUT2D eigenvalue weighted by Crippen LogP contribution is 2.13.